The average Bonchev–Trinajstić information content (AvgIpc) is 3.02. The van der Waals surface area contributed by atoms with E-state index in [1.165, 1.54) is 6.39 Å². The lowest BCUT2D eigenvalue weighted by Crippen LogP contribution is -1.65. The van der Waals surface area contributed by atoms with Gasteiger partial charge in [0.05, 0.1) is 0 Å². The van der Waals surface area contributed by atoms with Crippen LogP contribution in [0.25, 0.3) is 11.1 Å². The molecule has 0 fully saturated rings. The molecule has 90 valence electrons. The lowest BCUT2D eigenvalue weighted by Gasteiger charge is -1.79. The molecule has 3 rings (SSSR count). The molecule has 2 heterocycles. The predicted octanol–water partition coefficient (Wildman–Crippen LogP) is 3.57. The topological polar surface area (TPSA) is 54.7 Å². The standard InChI is InChI=1S/C7H5NO.C4H6N2.C2H6/c1-2-4-7-6(3-1)8-5-9-7;1-4-2-3-5-6-4;1-2/h1-5H;2-3H,1H3,(H,5,6);1-2H3. The van der Waals surface area contributed by atoms with Crippen molar-refractivity contribution in [3.8, 4) is 0 Å². The molecule has 0 unspecified atom stereocenters. The number of oxazole rings is 1. The van der Waals surface area contributed by atoms with Crippen molar-refractivity contribution in [3.05, 3.63) is 48.6 Å². The van der Waals surface area contributed by atoms with Gasteiger partial charge in [0.25, 0.3) is 0 Å². The summed E-state index contributed by atoms with van der Waals surface area (Å²) in [6.45, 7) is 5.97. The highest BCUT2D eigenvalue weighted by Crippen LogP contribution is 2.09. The Hall–Kier alpha value is -2.10. The quantitative estimate of drug-likeness (QED) is 0.643. The molecule has 0 bridgehead atoms. The third-order valence-electron chi connectivity index (χ3n) is 1.88. The first-order valence-electron chi connectivity index (χ1n) is 5.60. The minimum absolute atomic E-state index is 0.845. The summed E-state index contributed by atoms with van der Waals surface area (Å²) in [6, 6.07) is 9.58. The monoisotopic (exact) mass is 231 g/mol. The Balaban J connectivity index is 0.000000158. The minimum atomic E-state index is 0.845. The third kappa shape index (κ3) is 4.10. The molecule has 4 nitrogen and oxygen atoms in total. The van der Waals surface area contributed by atoms with Gasteiger partial charge < -0.3 is 4.42 Å². The van der Waals surface area contributed by atoms with Gasteiger partial charge in [0.1, 0.15) is 5.52 Å². The van der Waals surface area contributed by atoms with E-state index in [2.05, 4.69) is 15.2 Å². The number of nitrogens with one attached hydrogen (secondary N) is 1. The molecular weight excluding hydrogens is 214 g/mol. The second-order valence-corrected chi connectivity index (χ2v) is 3.06. The normalized spacial score (nSPS) is 8.88. The molecule has 1 aromatic carbocycles. The lowest BCUT2D eigenvalue weighted by molar-refractivity contribution is 0.602. The number of hydrogen-bond acceptors (Lipinski definition) is 3. The molecule has 4 heteroatoms. The summed E-state index contributed by atoms with van der Waals surface area (Å²) in [6.07, 6.45) is 3.18. The number of aromatic amines is 1. The Morgan fingerprint density at radius 1 is 1.12 bits per heavy atom. The van der Waals surface area contributed by atoms with Crippen LogP contribution in [0.2, 0.25) is 0 Å². The van der Waals surface area contributed by atoms with Crippen LogP contribution >= 0.6 is 0 Å². The number of nitrogens with zero attached hydrogens (tertiary/aromatic N) is 2. The summed E-state index contributed by atoms with van der Waals surface area (Å²) in [5, 5.41) is 6.45. The van der Waals surface area contributed by atoms with Gasteiger partial charge in [0, 0.05) is 11.9 Å². The van der Waals surface area contributed by atoms with E-state index in [9.17, 15) is 0 Å². The molecule has 0 amide bonds. The van der Waals surface area contributed by atoms with Gasteiger partial charge in [0.15, 0.2) is 12.0 Å². The van der Waals surface area contributed by atoms with E-state index in [0.717, 1.165) is 16.8 Å². The Morgan fingerprint density at radius 3 is 2.41 bits per heavy atom. The molecule has 0 aliphatic heterocycles. The van der Waals surface area contributed by atoms with Crippen molar-refractivity contribution >= 4 is 11.1 Å². The minimum Gasteiger partial charge on any atom is -0.443 e. The summed E-state index contributed by atoms with van der Waals surface area (Å²) in [5.41, 5.74) is 2.87. The summed E-state index contributed by atoms with van der Waals surface area (Å²) in [5.74, 6) is 0. The molecule has 0 aliphatic carbocycles. The highest BCUT2D eigenvalue weighted by atomic mass is 16.3. The molecule has 0 spiro atoms. The Kier molecular flexibility index (Phi) is 5.51. The Morgan fingerprint density at radius 2 is 1.88 bits per heavy atom. The molecule has 2 aromatic heterocycles. The van der Waals surface area contributed by atoms with Crippen LogP contribution < -0.4 is 0 Å². The molecule has 0 radical (unpaired) electrons. The van der Waals surface area contributed by atoms with Crippen LogP contribution in [0, 0.1) is 6.92 Å². The zero-order valence-electron chi connectivity index (χ0n) is 10.3. The van der Waals surface area contributed by atoms with E-state index in [0.29, 0.717) is 0 Å². The second-order valence-electron chi connectivity index (χ2n) is 3.06. The van der Waals surface area contributed by atoms with Crippen LogP contribution in [0.3, 0.4) is 0 Å². The molecule has 0 saturated carbocycles. The van der Waals surface area contributed by atoms with Crippen molar-refractivity contribution in [2.24, 2.45) is 0 Å². The van der Waals surface area contributed by atoms with Crippen molar-refractivity contribution in [1.29, 1.82) is 0 Å². The molecule has 17 heavy (non-hydrogen) atoms. The highest BCUT2D eigenvalue weighted by Gasteiger charge is 1.91. The third-order valence-corrected chi connectivity index (χ3v) is 1.88. The van der Waals surface area contributed by atoms with Crippen LogP contribution in [0.15, 0.2) is 47.3 Å². The Bertz CT molecular complexity index is 484. The number of aryl methyl sites for hydroxylation is 1. The largest absolute Gasteiger partial charge is 0.443 e. The fourth-order valence-corrected chi connectivity index (χ4v) is 1.13. The predicted molar refractivity (Wildman–Crippen MR) is 68.7 cm³/mol. The smallest absolute Gasteiger partial charge is 0.181 e. The zero-order valence-corrected chi connectivity index (χ0v) is 10.3. The fraction of sp³-hybridized carbons (Fsp3) is 0.231. The fourth-order valence-electron chi connectivity index (χ4n) is 1.13. The van der Waals surface area contributed by atoms with Gasteiger partial charge in [-0.25, -0.2) is 4.98 Å². The van der Waals surface area contributed by atoms with E-state index in [4.69, 9.17) is 4.42 Å². The second kappa shape index (κ2) is 7.22. The molecule has 0 aliphatic rings. The van der Waals surface area contributed by atoms with Crippen molar-refractivity contribution in [3.63, 3.8) is 0 Å². The molecule has 0 atom stereocenters. The van der Waals surface area contributed by atoms with Crippen LogP contribution in [0.4, 0.5) is 0 Å². The number of para-hydroxylation sites is 2. The SMILES string of the molecule is CC.Cc1ccn[nH]1.c1ccc2ocnc2c1. The lowest BCUT2D eigenvalue weighted by atomic mass is 10.3. The maximum atomic E-state index is 5.01. The van der Waals surface area contributed by atoms with Gasteiger partial charge in [-0.3, -0.25) is 5.10 Å². The van der Waals surface area contributed by atoms with E-state index in [1.807, 2.05) is 51.1 Å². The molecule has 3 aromatic rings. The van der Waals surface area contributed by atoms with Gasteiger partial charge in [-0.05, 0) is 25.1 Å². The summed E-state index contributed by atoms with van der Waals surface area (Å²) in [4.78, 5) is 3.95. The average molecular weight is 231 g/mol. The zero-order chi connectivity index (χ0) is 12.5. The van der Waals surface area contributed by atoms with E-state index >= 15 is 0 Å². The first kappa shape index (κ1) is 13.0. The van der Waals surface area contributed by atoms with Crippen LogP contribution in [0.1, 0.15) is 19.5 Å². The number of hydrogen-bond donors (Lipinski definition) is 1. The van der Waals surface area contributed by atoms with Crippen molar-refractivity contribution in [2.45, 2.75) is 20.8 Å². The van der Waals surface area contributed by atoms with Crippen LogP contribution in [-0.4, -0.2) is 15.2 Å². The number of H-pyrrole nitrogens is 1. The number of fused-ring (bicyclic) bond motifs is 1. The van der Waals surface area contributed by atoms with Gasteiger partial charge in [-0.15, -0.1) is 0 Å². The first-order valence-corrected chi connectivity index (χ1v) is 5.60. The van der Waals surface area contributed by atoms with Gasteiger partial charge in [-0.1, -0.05) is 26.0 Å². The van der Waals surface area contributed by atoms with Crippen LogP contribution in [-0.2, 0) is 0 Å². The number of aromatic nitrogens is 3. The molecule has 1 N–H and O–H groups in total. The highest BCUT2D eigenvalue weighted by molar-refractivity contribution is 5.71. The van der Waals surface area contributed by atoms with Crippen molar-refractivity contribution in [1.82, 2.24) is 15.2 Å². The van der Waals surface area contributed by atoms with Crippen molar-refractivity contribution in [2.75, 3.05) is 0 Å². The molecule has 0 saturated heterocycles. The van der Waals surface area contributed by atoms with Gasteiger partial charge in [-0.2, -0.15) is 5.10 Å². The van der Waals surface area contributed by atoms with Crippen LogP contribution in [0.5, 0.6) is 0 Å². The number of benzene rings is 1. The number of rotatable bonds is 0. The Labute approximate surface area is 101 Å². The maximum Gasteiger partial charge on any atom is 0.181 e. The summed E-state index contributed by atoms with van der Waals surface area (Å²) in [7, 11) is 0. The van der Waals surface area contributed by atoms with Gasteiger partial charge >= 0.3 is 0 Å². The van der Waals surface area contributed by atoms with E-state index < -0.39 is 0 Å². The van der Waals surface area contributed by atoms with E-state index in [-0.39, 0.29) is 0 Å². The first-order chi connectivity index (χ1) is 8.36. The maximum absolute atomic E-state index is 5.01. The van der Waals surface area contributed by atoms with Gasteiger partial charge in [0.2, 0.25) is 0 Å². The summed E-state index contributed by atoms with van der Waals surface area (Å²) >= 11 is 0. The van der Waals surface area contributed by atoms with E-state index in [1.54, 1.807) is 6.20 Å². The molecular formula is C13H17N3O. The van der Waals surface area contributed by atoms with Crippen molar-refractivity contribution < 1.29 is 4.42 Å². The summed E-state index contributed by atoms with van der Waals surface area (Å²) < 4.78 is 5.01.